The van der Waals surface area contributed by atoms with Gasteiger partial charge in [-0.05, 0) is 86.4 Å². The van der Waals surface area contributed by atoms with Gasteiger partial charge in [-0.3, -0.25) is 28.8 Å². The maximum atomic E-state index is 11.8. The summed E-state index contributed by atoms with van der Waals surface area (Å²) in [4.78, 5) is 65.9. The molecule has 4 bridgehead atoms. The summed E-state index contributed by atoms with van der Waals surface area (Å²) in [7, 11) is 0. The van der Waals surface area contributed by atoms with E-state index >= 15 is 0 Å². The normalized spacial score (nSPS) is 47.3. The van der Waals surface area contributed by atoms with Crippen molar-refractivity contribution in [3.63, 3.8) is 0 Å². The van der Waals surface area contributed by atoms with Crippen LogP contribution in [0, 0.1) is 81.8 Å². The van der Waals surface area contributed by atoms with Crippen LogP contribution in [0.25, 0.3) is 0 Å². The molecule has 4 saturated heterocycles. The van der Waals surface area contributed by atoms with Crippen LogP contribution < -0.4 is 0 Å². The average Bonchev–Trinajstić information content (AvgIpc) is 3.89. The Hall–Kier alpha value is -2.78. The van der Waals surface area contributed by atoms with Gasteiger partial charge in [-0.25, -0.2) is 0 Å². The van der Waals surface area contributed by atoms with E-state index in [0.29, 0.717) is 37.4 Å². The first-order chi connectivity index (χ1) is 21.6. The Balaban J connectivity index is 0.000000123. The number of carbonyl (C=O) groups excluding carboxylic acids is 6. The second-order valence-corrected chi connectivity index (χ2v) is 15.8. The lowest BCUT2D eigenvalue weighted by atomic mass is 9.65. The highest BCUT2D eigenvalue weighted by Crippen LogP contribution is 2.64. The molecule has 1 spiro atoms. The summed E-state index contributed by atoms with van der Waals surface area (Å²) in [5, 5.41) is 0. The fourth-order valence-electron chi connectivity index (χ4n) is 9.88. The van der Waals surface area contributed by atoms with Crippen molar-refractivity contribution in [3.05, 3.63) is 0 Å². The Kier molecular flexibility index (Phi) is 9.52. The Labute approximate surface area is 272 Å². The molecule has 46 heavy (non-hydrogen) atoms. The maximum absolute atomic E-state index is 11.8. The molecule has 8 aliphatic rings. The first-order valence-corrected chi connectivity index (χ1v) is 17.4. The van der Waals surface area contributed by atoms with Gasteiger partial charge in [0.15, 0.2) is 0 Å². The molecule has 4 heterocycles. The molecule has 8 rings (SSSR count). The topological polar surface area (TPSA) is 139 Å². The van der Waals surface area contributed by atoms with E-state index in [0.717, 1.165) is 48.3 Å². The van der Waals surface area contributed by atoms with Gasteiger partial charge >= 0.3 is 35.8 Å². The van der Waals surface area contributed by atoms with Gasteiger partial charge in [-0.2, -0.15) is 0 Å². The van der Waals surface area contributed by atoms with E-state index in [2.05, 4.69) is 37.2 Å². The highest BCUT2D eigenvalue weighted by atomic mass is 16.6. The number of cyclic esters (lactones) is 6. The molecule has 10 nitrogen and oxygen atoms in total. The van der Waals surface area contributed by atoms with Crippen LogP contribution in [0.15, 0.2) is 0 Å². The molecule has 0 amide bonds. The average molecular weight is 645 g/mol. The lowest BCUT2D eigenvalue weighted by Crippen LogP contribution is -2.38. The van der Waals surface area contributed by atoms with Crippen LogP contribution in [0.4, 0.5) is 0 Å². The molecule has 0 radical (unpaired) electrons. The summed E-state index contributed by atoms with van der Waals surface area (Å²) in [5.41, 5.74) is -0.590. The van der Waals surface area contributed by atoms with E-state index in [4.69, 9.17) is 9.47 Å². The third kappa shape index (κ3) is 5.69. The van der Waals surface area contributed by atoms with Crippen LogP contribution in [0.5, 0.6) is 0 Å². The highest BCUT2D eigenvalue weighted by molar-refractivity contribution is 5.97. The minimum absolute atomic E-state index is 0.0450. The summed E-state index contributed by atoms with van der Waals surface area (Å²) >= 11 is 0. The van der Waals surface area contributed by atoms with Gasteiger partial charge in [0.25, 0.3) is 0 Å². The molecule has 0 N–H and O–H groups in total. The molecular formula is C36H52O10. The number of ether oxygens (including phenoxy) is 4. The molecule has 4 aliphatic heterocycles. The summed E-state index contributed by atoms with van der Waals surface area (Å²) in [6.45, 7) is 17.7. The first kappa shape index (κ1) is 34.6. The number of hydrogen-bond donors (Lipinski definition) is 0. The van der Waals surface area contributed by atoms with E-state index in [1.165, 1.54) is 12.8 Å². The fraction of sp³-hybridized carbons (Fsp3) is 0.833. The zero-order chi connectivity index (χ0) is 33.9. The summed E-state index contributed by atoms with van der Waals surface area (Å²) in [6.07, 6.45) is 5.57. The summed E-state index contributed by atoms with van der Waals surface area (Å²) < 4.78 is 19.0. The van der Waals surface area contributed by atoms with Crippen molar-refractivity contribution in [3.8, 4) is 0 Å². The van der Waals surface area contributed by atoms with Crippen molar-refractivity contribution in [2.75, 3.05) is 13.2 Å². The van der Waals surface area contributed by atoms with Crippen LogP contribution in [-0.4, -0.2) is 49.0 Å². The third-order valence-electron chi connectivity index (χ3n) is 13.9. The van der Waals surface area contributed by atoms with E-state index in [9.17, 15) is 28.8 Å². The molecule has 14 unspecified atom stereocenters. The van der Waals surface area contributed by atoms with Gasteiger partial charge in [0.1, 0.15) is 0 Å². The number of hydrogen-bond acceptors (Lipinski definition) is 10. The van der Waals surface area contributed by atoms with Crippen molar-refractivity contribution < 1.29 is 47.7 Å². The van der Waals surface area contributed by atoms with E-state index in [1.807, 2.05) is 6.92 Å². The molecular weight excluding hydrogens is 592 g/mol. The molecule has 0 aromatic heterocycles. The molecule has 256 valence electrons. The molecule has 4 saturated carbocycles. The predicted molar refractivity (Wildman–Crippen MR) is 164 cm³/mol. The Morgan fingerprint density at radius 3 is 1.76 bits per heavy atom. The van der Waals surface area contributed by atoms with Gasteiger partial charge in [0, 0.05) is 5.92 Å². The van der Waals surface area contributed by atoms with E-state index in [-0.39, 0.29) is 47.5 Å². The molecule has 14 atom stereocenters. The molecule has 0 aromatic carbocycles. The van der Waals surface area contributed by atoms with Gasteiger partial charge < -0.3 is 18.9 Å². The SMILES string of the molecule is CC1C(=O)OC(=O)C1C.CC1C(C)C2CC1C1COC(=O)C21.CC1C2CC(C1C)C1(CCOC1=O)C2.CCC1(C)CC(=O)OC1=O. The maximum Gasteiger partial charge on any atom is 0.320 e. The zero-order valence-corrected chi connectivity index (χ0v) is 28.7. The van der Waals surface area contributed by atoms with E-state index < -0.39 is 23.3 Å². The van der Waals surface area contributed by atoms with Crippen LogP contribution in [0.3, 0.4) is 0 Å². The minimum Gasteiger partial charge on any atom is -0.465 e. The Morgan fingerprint density at radius 2 is 1.33 bits per heavy atom. The number of carbonyl (C=O) groups is 6. The Morgan fingerprint density at radius 1 is 0.696 bits per heavy atom. The second kappa shape index (κ2) is 12.7. The molecule has 0 aromatic rings. The number of fused-ring (bicyclic) bond motifs is 8. The zero-order valence-electron chi connectivity index (χ0n) is 28.7. The van der Waals surface area contributed by atoms with Crippen LogP contribution >= 0.6 is 0 Å². The van der Waals surface area contributed by atoms with Crippen molar-refractivity contribution in [2.24, 2.45) is 81.8 Å². The van der Waals surface area contributed by atoms with Gasteiger partial charge in [0.2, 0.25) is 0 Å². The van der Waals surface area contributed by atoms with Gasteiger partial charge in [-0.15, -0.1) is 0 Å². The smallest absolute Gasteiger partial charge is 0.320 e. The second-order valence-electron chi connectivity index (χ2n) is 15.8. The van der Waals surface area contributed by atoms with Crippen LogP contribution in [0.1, 0.15) is 93.9 Å². The lowest BCUT2D eigenvalue weighted by molar-refractivity contribution is -0.156. The number of esters is 6. The number of rotatable bonds is 1. The molecule has 10 heteroatoms. The standard InChI is InChI=1S/C12H18O2.C11H16O2.C7H10O3.C6H8O3/c1-7-8(2)10-5-9(7)6-12(10)3-4-14-11(12)13;1-5-6(2)8-3-7(5)9-4-13-11(12)10(8)9;1-3-7(2)4-5(8)10-6(7)9;1-3-4(2)6(8)9-5(3)7/h7-10H,3-6H2,1-2H3;5-10H,3-4H2,1-2H3;3-4H2,1-2H3;3-4H,1-2H3. The lowest BCUT2D eigenvalue weighted by Gasteiger charge is -2.37. The van der Waals surface area contributed by atoms with Crippen molar-refractivity contribution >= 4 is 35.8 Å². The largest absolute Gasteiger partial charge is 0.465 e. The van der Waals surface area contributed by atoms with Crippen LogP contribution in [-0.2, 0) is 47.7 Å². The summed E-state index contributed by atoms with van der Waals surface area (Å²) in [6, 6.07) is 0. The minimum atomic E-state index is -0.545. The molecule has 8 fully saturated rings. The Bertz CT molecular complexity index is 1260. The van der Waals surface area contributed by atoms with Crippen molar-refractivity contribution in [1.29, 1.82) is 0 Å². The van der Waals surface area contributed by atoms with Gasteiger partial charge in [0.05, 0.1) is 48.2 Å². The third-order valence-corrected chi connectivity index (χ3v) is 13.9. The van der Waals surface area contributed by atoms with Crippen molar-refractivity contribution in [1.82, 2.24) is 0 Å². The predicted octanol–water partition coefficient (Wildman–Crippen LogP) is 5.15. The fourth-order valence-corrected chi connectivity index (χ4v) is 9.88. The first-order valence-electron chi connectivity index (χ1n) is 17.4. The molecule has 4 aliphatic carbocycles. The summed E-state index contributed by atoms with van der Waals surface area (Å²) in [5.74, 6) is 4.90. The van der Waals surface area contributed by atoms with Crippen LogP contribution in [0.2, 0.25) is 0 Å². The van der Waals surface area contributed by atoms with Gasteiger partial charge in [-0.1, -0.05) is 48.5 Å². The van der Waals surface area contributed by atoms with Crippen molar-refractivity contribution in [2.45, 2.75) is 93.9 Å². The monoisotopic (exact) mass is 644 g/mol. The van der Waals surface area contributed by atoms with E-state index in [1.54, 1.807) is 20.8 Å². The quantitative estimate of drug-likeness (QED) is 0.214. The highest BCUT2D eigenvalue weighted by Gasteiger charge is 2.63.